The second kappa shape index (κ2) is 10.7. The molecular formula is C25H30N6O3S. The summed E-state index contributed by atoms with van der Waals surface area (Å²) >= 11 is 0. The van der Waals surface area contributed by atoms with E-state index in [1.807, 2.05) is 42.2 Å². The number of benzene rings is 2. The van der Waals surface area contributed by atoms with Gasteiger partial charge in [0.15, 0.2) is 0 Å². The lowest BCUT2D eigenvalue weighted by Gasteiger charge is -2.39. The zero-order chi connectivity index (χ0) is 24.8. The lowest BCUT2D eigenvalue weighted by atomic mass is 10.1. The first kappa shape index (κ1) is 24.5. The Kier molecular flexibility index (Phi) is 7.50. The quantitative estimate of drug-likeness (QED) is 0.514. The highest BCUT2D eigenvalue weighted by Gasteiger charge is 2.28. The Morgan fingerprint density at radius 3 is 2.31 bits per heavy atom. The van der Waals surface area contributed by atoms with Crippen LogP contribution in [0.25, 0.3) is 0 Å². The van der Waals surface area contributed by atoms with Gasteiger partial charge < -0.3 is 14.7 Å². The number of rotatable bonds is 8. The van der Waals surface area contributed by atoms with Crippen LogP contribution in [0.15, 0.2) is 78.1 Å². The summed E-state index contributed by atoms with van der Waals surface area (Å²) in [4.78, 5) is 27.2. The predicted octanol–water partition coefficient (Wildman–Crippen LogP) is 2.84. The first-order valence-electron chi connectivity index (χ1n) is 11.6. The Hall–Kier alpha value is -3.66. The molecule has 1 aromatic heterocycles. The standard InChI is InChI=1S/C25H30N6O3S/c1-3-31(22-7-5-4-6-8-22)20(2)25(32)30-17-15-29(16-18-30)21-9-11-23(12-10-21)35(33,34)28-24-13-14-26-19-27-24/h4-14,19-20H,3,15-18H2,1-2H3,(H,26,27,28). The number of anilines is 3. The van der Waals surface area contributed by atoms with E-state index in [-0.39, 0.29) is 22.7 Å². The van der Waals surface area contributed by atoms with Crippen LogP contribution in [0.2, 0.25) is 0 Å². The van der Waals surface area contributed by atoms with Crippen LogP contribution in [0.1, 0.15) is 13.8 Å². The molecule has 9 nitrogen and oxygen atoms in total. The van der Waals surface area contributed by atoms with Gasteiger partial charge in [-0.05, 0) is 56.3 Å². The summed E-state index contributed by atoms with van der Waals surface area (Å²) in [5.41, 5.74) is 1.96. The van der Waals surface area contributed by atoms with Gasteiger partial charge >= 0.3 is 0 Å². The summed E-state index contributed by atoms with van der Waals surface area (Å²) < 4.78 is 27.7. The zero-order valence-corrected chi connectivity index (χ0v) is 20.7. The molecule has 1 saturated heterocycles. The molecule has 4 rings (SSSR count). The van der Waals surface area contributed by atoms with E-state index in [4.69, 9.17) is 0 Å². The topological polar surface area (TPSA) is 98.7 Å². The van der Waals surface area contributed by atoms with E-state index in [2.05, 4.69) is 31.4 Å². The van der Waals surface area contributed by atoms with Gasteiger partial charge in [0.25, 0.3) is 10.0 Å². The lowest BCUT2D eigenvalue weighted by molar-refractivity contribution is -0.132. The predicted molar refractivity (Wildman–Crippen MR) is 137 cm³/mol. The van der Waals surface area contributed by atoms with Gasteiger partial charge in [0.1, 0.15) is 18.2 Å². The molecule has 1 aliphatic rings. The summed E-state index contributed by atoms with van der Waals surface area (Å²) in [7, 11) is -3.74. The molecule has 1 N–H and O–H groups in total. The number of carbonyl (C=O) groups is 1. The molecule has 10 heteroatoms. The Balaban J connectivity index is 1.35. The van der Waals surface area contributed by atoms with E-state index >= 15 is 0 Å². The smallest absolute Gasteiger partial charge is 0.263 e. The minimum absolute atomic E-state index is 0.118. The van der Waals surface area contributed by atoms with Gasteiger partial charge in [0, 0.05) is 50.3 Å². The molecule has 184 valence electrons. The third-order valence-corrected chi connectivity index (χ3v) is 7.55. The molecule has 1 atom stereocenters. The van der Waals surface area contributed by atoms with Crippen LogP contribution < -0.4 is 14.5 Å². The van der Waals surface area contributed by atoms with Gasteiger partial charge in [0.2, 0.25) is 5.91 Å². The van der Waals surface area contributed by atoms with E-state index in [1.54, 1.807) is 24.3 Å². The van der Waals surface area contributed by atoms with Crippen LogP contribution in [0.4, 0.5) is 17.2 Å². The molecule has 0 aliphatic carbocycles. The van der Waals surface area contributed by atoms with Crippen molar-refractivity contribution >= 4 is 33.1 Å². The molecule has 35 heavy (non-hydrogen) atoms. The third-order valence-electron chi connectivity index (χ3n) is 6.18. The number of nitrogens with zero attached hydrogens (tertiary/aromatic N) is 5. The van der Waals surface area contributed by atoms with Gasteiger partial charge in [-0.3, -0.25) is 9.52 Å². The molecular weight excluding hydrogens is 464 g/mol. The Morgan fingerprint density at radius 2 is 1.71 bits per heavy atom. The van der Waals surface area contributed by atoms with Crippen molar-refractivity contribution in [2.24, 2.45) is 0 Å². The van der Waals surface area contributed by atoms with Crippen LogP contribution in [-0.4, -0.2) is 68.0 Å². The van der Waals surface area contributed by atoms with Gasteiger partial charge in [-0.1, -0.05) is 18.2 Å². The summed E-state index contributed by atoms with van der Waals surface area (Å²) in [6, 6.07) is 18.0. The molecule has 2 heterocycles. The molecule has 1 amide bonds. The van der Waals surface area contributed by atoms with Crippen molar-refractivity contribution in [2.45, 2.75) is 24.8 Å². The average Bonchev–Trinajstić information content (AvgIpc) is 2.90. The maximum absolute atomic E-state index is 13.2. The van der Waals surface area contributed by atoms with E-state index in [9.17, 15) is 13.2 Å². The number of carbonyl (C=O) groups excluding carboxylic acids is 1. The highest BCUT2D eigenvalue weighted by Crippen LogP contribution is 2.22. The van der Waals surface area contributed by atoms with Gasteiger partial charge in [-0.2, -0.15) is 0 Å². The fourth-order valence-corrected chi connectivity index (χ4v) is 5.27. The second-order valence-electron chi connectivity index (χ2n) is 8.30. The number of amides is 1. The number of sulfonamides is 1. The normalized spacial score (nSPS) is 14.9. The molecule has 0 radical (unpaired) electrons. The second-order valence-corrected chi connectivity index (χ2v) is 9.99. The van der Waals surface area contributed by atoms with Crippen molar-refractivity contribution < 1.29 is 13.2 Å². The summed E-state index contributed by atoms with van der Waals surface area (Å²) in [5.74, 6) is 0.334. The summed E-state index contributed by atoms with van der Waals surface area (Å²) in [6.07, 6.45) is 2.76. The Labute approximate surface area is 206 Å². The van der Waals surface area contributed by atoms with Crippen LogP contribution in [0.3, 0.4) is 0 Å². The monoisotopic (exact) mass is 494 g/mol. The lowest BCUT2D eigenvalue weighted by Crippen LogP contribution is -2.54. The maximum atomic E-state index is 13.2. The fourth-order valence-electron chi connectivity index (χ4n) is 4.27. The number of piperazine rings is 1. The highest BCUT2D eigenvalue weighted by atomic mass is 32.2. The Morgan fingerprint density at radius 1 is 1.03 bits per heavy atom. The molecule has 2 aromatic carbocycles. The number of likely N-dealkylation sites (N-methyl/N-ethyl adjacent to an activating group) is 1. The SMILES string of the molecule is CCN(c1ccccc1)C(C)C(=O)N1CCN(c2ccc(S(=O)(=O)Nc3ccncn3)cc2)CC1. The van der Waals surface area contributed by atoms with Crippen molar-refractivity contribution in [2.75, 3.05) is 47.2 Å². The number of hydrogen-bond acceptors (Lipinski definition) is 7. The molecule has 3 aromatic rings. The van der Waals surface area contributed by atoms with E-state index in [0.29, 0.717) is 26.2 Å². The van der Waals surface area contributed by atoms with Crippen LogP contribution in [-0.2, 0) is 14.8 Å². The largest absolute Gasteiger partial charge is 0.368 e. The molecule has 1 aliphatic heterocycles. The van der Waals surface area contributed by atoms with Crippen molar-refractivity contribution in [1.82, 2.24) is 14.9 Å². The third kappa shape index (κ3) is 5.71. The molecule has 0 bridgehead atoms. The molecule has 1 fully saturated rings. The van der Waals surface area contributed by atoms with E-state index in [1.165, 1.54) is 18.6 Å². The number of hydrogen-bond donors (Lipinski definition) is 1. The van der Waals surface area contributed by atoms with Crippen LogP contribution in [0, 0.1) is 0 Å². The summed E-state index contributed by atoms with van der Waals surface area (Å²) in [6.45, 7) is 7.36. The van der Waals surface area contributed by atoms with Crippen molar-refractivity contribution in [1.29, 1.82) is 0 Å². The number of aromatic nitrogens is 2. The number of para-hydroxylation sites is 1. The molecule has 0 saturated carbocycles. The zero-order valence-electron chi connectivity index (χ0n) is 19.9. The van der Waals surface area contributed by atoms with Crippen molar-refractivity contribution in [3.63, 3.8) is 0 Å². The number of nitrogens with one attached hydrogen (secondary N) is 1. The van der Waals surface area contributed by atoms with Crippen molar-refractivity contribution in [3.05, 3.63) is 73.2 Å². The van der Waals surface area contributed by atoms with E-state index < -0.39 is 10.0 Å². The first-order chi connectivity index (χ1) is 16.9. The summed E-state index contributed by atoms with van der Waals surface area (Å²) in [5, 5.41) is 0. The fraction of sp³-hybridized carbons (Fsp3) is 0.320. The molecule has 0 spiro atoms. The highest BCUT2D eigenvalue weighted by molar-refractivity contribution is 7.92. The van der Waals surface area contributed by atoms with Crippen molar-refractivity contribution in [3.8, 4) is 0 Å². The first-order valence-corrected chi connectivity index (χ1v) is 13.1. The minimum atomic E-state index is -3.74. The van der Waals surface area contributed by atoms with Gasteiger partial charge in [0.05, 0.1) is 4.90 Å². The maximum Gasteiger partial charge on any atom is 0.263 e. The minimum Gasteiger partial charge on any atom is -0.368 e. The van der Waals surface area contributed by atoms with E-state index in [0.717, 1.165) is 17.9 Å². The molecule has 1 unspecified atom stereocenters. The van der Waals surface area contributed by atoms with Crippen LogP contribution >= 0.6 is 0 Å². The van der Waals surface area contributed by atoms with Gasteiger partial charge in [-0.25, -0.2) is 18.4 Å². The average molecular weight is 495 g/mol. The van der Waals surface area contributed by atoms with Crippen LogP contribution in [0.5, 0.6) is 0 Å². The van der Waals surface area contributed by atoms with Gasteiger partial charge in [-0.15, -0.1) is 0 Å². The Bertz CT molecular complexity index is 1220.